The van der Waals surface area contributed by atoms with Gasteiger partial charge in [0.15, 0.2) is 11.6 Å². The average Bonchev–Trinajstić information content (AvgIpc) is 3.26. The number of hydrogen-bond donors (Lipinski definition) is 0. The van der Waals surface area contributed by atoms with E-state index in [0.717, 1.165) is 43.8 Å². The molecule has 4 nitrogen and oxygen atoms in total. The van der Waals surface area contributed by atoms with Crippen molar-refractivity contribution in [2.24, 2.45) is 0 Å². The summed E-state index contributed by atoms with van der Waals surface area (Å²) in [7, 11) is 0. The normalized spacial score (nSPS) is 11.7. The zero-order valence-electron chi connectivity index (χ0n) is 17.9. The van der Waals surface area contributed by atoms with Crippen LogP contribution in [0.5, 0.6) is 0 Å². The van der Waals surface area contributed by atoms with Gasteiger partial charge in [0.2, 0.25) is 5.28 Å². The van der Waals surface area contributed by atoms with Crippen LogP contribution in [0, 0.1) is 0 Å². The van der Waals surface area contributed by atoms with E-state index >= 15 is 0 Å². The van der Waals surface area contributed by atoms with E-state index in [4.69, 9.17) is 21.0 Å². The fraction of sp³-hybridized carbons (Fsp3) is 0. The molecule has 160 valence electrons. The second-order valence-electron chi connectivity index (χ2n) is 8.29. The highest BCUT2D eigenvalue weighted by Gasteiger charge is 2.14. The smallest absolute Gasteiger partial charge is 0.226 e. The molecule has 0 saturated heterocycles. The van der Waals surface area contributed by atoms with Gasteiger partial charge in [0, 0.05) is 21.9 Å². The number of rotatable bonds is 2. The van der Waals surface area contributed by atoms with Crippen LogP contribution in [0.3, 0.4) is 0 Å². The van der Waals surface area contributed by atoms with Gasteiger partial charge in [0.05, 0.1) is 0 Å². The highest BCUT2D eigenvalue weighted by molar-refractivity contribution is 6.28. The van der Waals surface area contributed by atoms with Gasteiger partial charge >= 0.3 is 0 Å². The summed E-state index contributed by atoms with van der Waals surface area (Å²) in [6.07, 6.45) is 0. The third-order valence-corrected chi connectivity index (χ3v) is 6.40. The lowest BCUT2D eigenvalue weighted by Gasteiger charge is -2.06. The number of fused-ring (bicyclic) bond motifs is 6. The number of furan rings is 1. The van der Waals surface area contributed by atoms with Crippen LogP contribution in [-0.2, 0) is 0 Å². The Balaban J connectivity index is 1.38. The molecule has 0 aliphatic rings. The molecule has 0 amide bonds. The Kier molecular flexibility index (Phi) is 4.16. The van der Waals surface area contributed by atoms with Gasteiger partial charge < -0.3 is 4.42 Å². The molecule has 7 aromatic rings. The summed E-state index contributed by atoms with van der Waals surface area (Å²) >= 11 is 6.33. The van der Waals surface area contributed by atoms with E-state index in [0.29, 0.717) is 11.6 Å². The van der Waals surface area contributed by atoms with Gasteiger partial charge in [-0.25, -0.2) is 4.98 Å². The molecule has 2 aromatic heterocycles. The molecule has 5 heteroatoms. The number of nitrogens with zero attached hydrogens (tertiary/aromatic N) is 3. The van der Waals surface area contributed by atoms with Crippen molar-refractivity contribution in [2.75, 3.05) is 0 Å². The van der Waals surface area contributed by atoms with Crippen LogP contribution in [0.15, 0.2) is 101 Å². The van der Waals surface area contributed by atoms with Crippen molar-refractivity contribution in [2.45, 2.75) is 0 Å². The Morgan fingerprint density at radius 2 is 1.21 bits per heavy atom. The largest absolute Gasteiger partial charge is 0.456 e. The molecule has 0 saturated carbocycles. The van der Waals surface area contributed by atoms with Crippen molar-refractivity contribution in [3.63, 3.8) is 0 Å². The number of aromatic nitrogens is 3. The van der Waals surface area contributed by atoms with Gasteiger partial charge in [0.25, 0.3) is 0 Å². The van der Waals surface area contributed by atoms with Gasteiger partial charge in [-0.3, -0.25) is 0 Å². The Labute approximate surface area is 199 Å². The maximum Gasteiger partial charge on any atom is 0.226 e. The highest BCUT2D eigenvalue weighted by atomic mass is 35.5. The Morgan fingerprint density at radius 3 is 2.06 bits per heavy atom. The van der Waals surface area contributed by atoms with Crippen molar-refractivity contribution >= 4 is 55.1 Å². The Morgan fingerprint density at radius 1 is 0.529 bits per heavy atom. The molecule has 34 heavy (non-hydrogen) atoms. The second-order valence-corrected chi connectivity index (χ2v) is 8.62. The fourth-order valence-electron chi connectivity index (χ4n) is 4.62. The van der Waals surface area contributed by atoms with Crippen molar-refractivity contribution in [1.29, 1.82) is 0 Å². The monoisotopic (exact) mass is 457 g/mol. The molecule has 0 unspecified atom stereocenters. The Bertz CT molecular complexity index is 1890. The van der Waals surface area contributed by atoms with Crippen molar-refractivity contribution in [3.8, 4) is 22.8 Å². The van der Waals surface area contributed by atoms with Crippen LogP contribution < -0.4 is 0 Å². The van der Waals surface area contributed by atoms with Crippen molar-refractivity contribution in [3.05, 3.63) is 102 Å². The lowest BCUT2D eigenvalue weighted by molar-refractivity contribution is 0.669. The summed E-state index contributed by atoms with van der Waals surface area (Å²) in [5.74, 6) is 1.05. The van der Waals surface area contributed by atoms with E-state index in [-0.39, 0.29) is 5.28 Å². The van der Waals surface area contributed by atoms with Crippen LogP contribution in [-0.4, -0.2) is 15.0 Å². The fourth-order valence-corrected chi connectivity index (χ4v) is 4.78. The van der Waals surface area contributed by atoms with Gasteiger partial charge in [0.1, 0.15) is 11.2 Å². The van der Waals surface area contributed by atoms with Gasteiger partial charge in [-0.05, 0) is 57.4 Å². The first-order chi connectivity index (χ1) is 16.7. The Hall–Kier alpha value is -4.28. The van der Waals surface area contributed by atoms with E-state index < -0.39 is 0 Å². The first-order valence-electron chi connectivity index (χ1n) is 11.0. The van der Waals surface area contributed by atoms with Crippen LogP contribution in [0.2, 0.25) is 5.28 Å². The molecular weight excluding hydrogens is 442 g/mol. The molecule has 0 aliphatic carbocycles. The molecule has 7 rings (SSSR count). The number of benzene rings is 5. The van der Waals surface area contributed by atoms with Crippen LogP contribution in [0.25, 0.3) is 66.3 Å². The maximum absolute atomic E-state index is 6.33. The van der Waals surface area contributed by atoms with E-state index in [1.165, 1.54) is 10.8 Å². The molecule has 0 atom stereocenters. The van der Waals surface area contributed by atoms with E-state index in [1.54, 1.807) is 0 Å². The van der Waals surface area contributed by atoms with Gasteiger partial charge in [-0.2, -0.15) is 9.97 Å². The average molecular weight is 458 g/mol. The lowest BCUT2D eigenvalue weighted by Crippen LogP contribution is -1.97. The van der Waals surface area contributed by atoms with Crippen molar-refractivity contribution in [1.82, 2.24) is 15.0 Å². The van der Waals surface area contributed by atoms with Gasteiger partial charge in [-0.15, -0.1) is 0 Å². The lowest BCUT2D eigenvalue weighted by atomic mass is 10.0. The highest BCUT2D eigenvalue weighted by Crippen LogP contribution is 2.36. The maximum atomic E-state index is 6.33. The summed E-state index contributed by atoms with van der Waals surface area (Å²) in [4.78, 5) is 13.5. The molecule has 2 heterocycles. The minimum atomic E-state index is 0.156. The van der Waals surface area contributed by atoms with E-state index in [2.05, 4.69) is 64.6 Å². The zero-order chi connectivity index (χ0) is 22.6. The first-order valence-corrected chi connectivity index (χ1v) is 11.4. The standard InChI is InChI=1S/C29H16ClN3O/c30-29-32-27(20-10-9-17-5-1-2-7-19(17)15-20)31-28(33-29)21-11-13-23-25(16-21)34-24-14-12-18-6-3-4-8-22(18)26(23)24/h1-16H. The summed E-state index contributed by atoms with van der Waals surface area (Å²) in [5.41, 5.74) is 3.35. The molecule has 0 fully saturated rings. The number of halogens is 1. The summed E-state index contributed by atoms with van der Waals surface area (Å²) in [5, 5.41) is 6.97. The summed E-state index contributed by atoms with van der Waals surface area (Å²) in [6.45, 7) is 0. The summed E-state index contributed by atoms with van der Waals surface area (Å²) in [6, 6.07) is 32.8. The SMILES string of the molecule is Clc1nc(-c2ccc3ccccc3c2)nc(-c2ccc3c(c2)oc2ccc4ccccc4c23)n1. The third-order valence-electron chi connectivity index (χ3n) is 6.24. The predicted molar refractivity (Wildman–Crippen MR) is 138 cm³/mol. The summed E-state index contributed by atoms with van der Waals surface area (Å²) < 4.78 is 6.21. The predicted octanol–water partition coefficient (Wildman–Crippen LogP) is 8.06. The molecule has 5 aromatic carbocycles. The van der Waals surface area contributed by atoms with Crippen molar-refractivity contribution < 1.29 is 4.42 Å². The number of hydrogen-bond acceptors (Lipinski definition) is 4. The molecule has 0 spiro atoms. The second kappa shape index (κ2) is 7.37. The third kappa shape index (κ3) is 3.04. The first kappa shape index (κ1) is 19.2. The molecule has 0 radical (unpaired) electrons. The van der Waals surface area contributed by atoms with E-state index in [9.17, 15) is 0 Å². The zero-order valence-corrected chi connectivity index (χ0v) is 18.6. The molecular formula is C29H16ClN3O. The van der Waals surface area contributed by atoms with Crippen LogP contribution >= 0.6 is 11.6 Å². The van der Waals surface area contributed by atoms with Gasteiger partial charge in [-0.1, -0.05) is 72.8 Å². The molecule has 0 N–H and O–H groups in total. The quantitative estimate of drug-likeness (QED) is 0.263. The molecule has 0 bridgehead atoms. The topological polar surface area (TPSA) is 51.8 Å². The van der Waals surface area contributed by atoms with Crippen LogP contribution in [0.4, 0.5) is 0 Å². The van der Waals surface area contributed by atoms with Crippen LogP contribution in [0.1, 0.15) is 0 Å². The van der Waals surface area contributed by atoms with E-state index in [1.807, 2.05) is 42.5 Å². The minimum Gasteiger partial charge on any atom is -0.456 e. The molecule has 0 aliphatic heterocycles. The minimum absolute atomic E-state index is 0.156.